The SMILES string of the molecule is N#CC1(CF)CCN(C(=O)OCC2c3ccccc3-c3ccccc32)C1. The first-order valence-corrected chi connectivity index (χ1v) is 8.74. The molecule has 5 heteroatoms. The first-order chi connectivity index (χ1) is 12.7. The Morgan fingerprint density at radius 2 is 1.81 bits per heavy atom. The van der Waals surface area contributed by atoms with E-state index in [1.54, 1.807) is 0 Å². The summed E-state index contributed by atoms with van der Waals surface area (Å²) in [5, 5.41) is 9.17. The number of carbonyl (C=O) groups is 1. The highest BCUT2D eigenvalue weighted by molar-refractivity contribution is 5.79. The molecule has 1 unspecified atom stereocenters. The Morgan fingerprint density at radius 3 is 2.35 bits per heavy atom. The number of amides is 1. The van der Waals surface area contributed by atoms with Gasteiger partial charge in [-0.25, -0.2) is 9.18 Å². The van der Waals surface area contributed by atoms with Crippen molar-refractivity contribution in [1.82, 2.24) is 4.90 Å². The third-order valence-corrected chi connectivity index (χ3v) is 5.44. The van der Waals surface area contributed by atoms with Crippen LogP contribution in [0.5, 0.6) is 0 Å². The molecule has 1 heterocycles. The van der Waals surface area contributed by atoms with E-state index in [0.29, 0.717) is 13.0 Å². The lowest BCUT2D eigenvalue weighted by molar-refractivity contribution is 0.104. The number of nitriles is 1. The Bertz CT molecular complexity index is 846. The molecule has 4 nitrogen and oxygen atoms in total. The number of rotatable bonds is 3. The van der Waals surface area contributed by atoms with Gasteiger partial charge in [0.25, 0.3) is 0 Å². The number of halogens is 1. The number of ether oxygens (including phenoxy) is 1. The van der Waals surface area contributed by atoms with Crippen LogP contribution in [0, 0.1) is 16.7 Å². The van der Waals surface area contributed by atoms with Gasteiger partial charge >= 0.3 is 6.09 Å². The van der Waals surface area contributed by atoms with Crippen molar-refractivity contribution in [3.63, 3.8) is 0 Å². The Labute approximate surface area is 151 Å². The molecule has 0 radical (unpaired) electrons. The summed E-state index contributed by atoms with van der Waals surface area (Å²) in [6, 6.07) is 18.3. The highest BCUT2D eigenvalue weighted by Crippen LogP contribution is 2.44. The molecule has 26 heavy (non-hydrogen) atoms. The minimum Gasteiger partial charge on any atom is -0.448 e. The Morgan fingerprint density at radius 1 is 1.19 bits per heavy atom. The number of nitrogens with zero attached hydrogens (tertiary/aromatic N) is 2. The fraction of sp³-hybridized carbons (Fsp3) is 0.333. The van der Waals surface area contributed by atoms with Crippen LogP contribution >= 0.6 is 0 Å². The van der Waals surface area contributed by atoms with E-state index in [1.807, 2.05) is 30.3 Å². The molecule has 2 aromatic carbocycles. The molecule has 4 rings (SSSR count). The zero-order valence-corrected chi connectivity index (χ0v) is 14.3. The molecule has 0 aromatic heterocycles. The number of likely N-dealkylation sites (tertiary alicyclic amines) is 1. The summed E-state index contributed by atoms with van der Waals surface area (Å²) in [5.74, 6) is -0.00384. The molecule has 1 aliphatic carbocycles. The molecular formula is C21H19FN2O2. The first-order valence-electron chi connectivity index (χ1n) is 8.74. The van der Waals surface area contributed by atoms with Crippen molar-refractivity contribution < 1.29 is 13.9 Å². The molecule has 2 aliphatic rings. The Hall–Kier alpha value is -2.87. The summed E-state index contributed by atoms with van der Waals surface area (Å²) in [6.07, 6.45) is -0.123. The van der Waals surface area contributed by atoms with Gasteiger partial charge in [-0.3, -0.25) is 0 Å². The van der Waals surface area contributed by atoms with Crippen molar-refractivity contribution in [3.8, 4) is 17.2 Å². The largest absolute Gasteiger partial charge is 0.448 e. The van der Waals surface area contributed by atoms with Gasteiger partial charge < -0.3 is 9.64 Å². The molecule has 0 saturated carbocycles. The average molecular weight is 350 g/mol. The van der Waals surface area contributed by atoms with E-state index < -0.39 is 18.2 Å². The summed E-state index contributed by atoms with van der Waals surface area (Å²) in [6.45, 7) is -0.0555. The third kappa shape index (κ3) is 2.62. The molecular weight excluding hydrogens is 331 g/mol. The van der Waals surface area contributed by atoms with Gasteiger partial charge in [0, 0.05) is 19.0 Å². The number of hydrogen-bond acceptors (Lipinski definition) is 3. The quantitative estimate of drug-likeness (QED) is 0.837. The average Bonchev–Trinajstić information content (AvgIpc) is 3.27. The smallest absolute Gasteiger partial charge is 0.409 e. The third-order valence-electron chi connectivity index (χ3n) is 5.44. The lowest BCUT2D eigenvalue weighted by Crippen LogP contribution is -2.33. The predicted molar refractivity (Wildman–Crippen MR) is 95.3 cm³/mol. The second-order valence-corrected chi connectivity index (χ2v) is 7.00. The number of benzene rings is 2. The molecule has 1 saturated heterocycles. The van der Waals surface area contributed by atoms with Crippen molar-refractivity contribution in [1.29, 1.82) is 5.26 Å². The minimum absolute atomic E-state index is 0.00384. The molecule has 1 aliphatic heterocycles. The van der Waals surface area contributed by atoms with E-state index in [1.165, 1.54) is 16.0 Å². The van der Waals surface area contributed by atoms with Crippen molar-refractivity contribution in [3.05, 3.63) is 59.7 Å². The van der Waals surface area contributed by atoms with Crippen molar-refractivity contribution >= 4 is 6.09 Å². The van der Waals surface area contributed by atoms with Crippen LogP contribution in [0.3, 0.4) is 0 Å². The summed E-state index contributed by atoms with van der Waals surface area (Å²) >= 11 is 0. The lowest BCUT2D eigenvalue weighted by Gasteiger charge is -2.20. The first kappa shape index (κ1) is 16.6. The second kappa shape index (κ2) is 6.45. The zero-order chi connectivity index (χ0) is 18.1. The van der Waals surface area contributed by atoms with Crippen LogP contribution in [0.1, 0.15) is 23.5 Å². The molecule has 0 spiro atoms. The molecule has 1 atom stereocenters. The summed E-state index contributed by atoms with van der Waals surface area (Å²) in [5.41, 5.74) is 3.57. The van der Waals surface area contributed by atoms with E-state index in [2.05, 4.69) is 24.3 Å². The van der Waals surface area contributed by atoms with E-state index in [-0.39, 0.29) is 19.1 Å². The van der Waals surface area contributed by atoms with Gasteiger partial charge in [0.1, 0.15) is 18.7 Å². The topological polar surface area (TPSA) is 53.3 Å². The van der Waals surface area contributed by atoms with Gasteiger partial charge in [0.2, 0.25) is 0 Å². The summed E-state index contributed by atoms with van der Waals surface area (Å²) in [4.78, 5) is 13.9. The van der Waals surface area contributed by atoms with Gasteiger partial charge in [-0.05, 0) is 28.7 Å². The van der Waals surface area contributed by atoms with Crippen molar-refractivity contribution in [2.75, 3.05) is 26.4 Å². The minimum atomic E-state index is -1.08. The number of carbonyl (C=O) groups excluding carboxylic acids is 1. The Balaban J connectivity index is 1.49. The molecule has 1 fully saturated rings. The van der Waals surface area contributed by atoms with E-state index in [4.69, 9.17) is 10.00 Å². The van der Waals surface area contributed by atoms with Crippen LogP contribution < -0.4 is 0 Å². The molecule has 0 bridgehead atoms. The van der Waals surface area contributed by atoms with Gasteiger partial charge in [-0.2, -0.15) is 5.26 Å². The van der Waals surface area contributed by atoms with Crippen molar-refractivity contribution in [2.24, 2.45) is 5.41 Å². The molecule has 0 N–H and O–H groups in total. The maximum absolute atomic E-state index is 13.2. The van der Waals surface area contributed by atoms with Gasteiger partial charge in [0.05, 0.1) is 6.07 Å². The lowest BCUT2D eigenvalue weighted by atomic mass is 9.91. The number of hydrogen-bond donors (Lipinski definition) is 0. The predicted octanol–water partition coefficient (Wildman–Crippen LogP) is 4.12. The monoisotopic (exact) mass is 350 g/mol. The fourth-order valence-electron chi connectivity index (χ4n) is 3.94. The fourth-order valence-corrected chi connectivity index (χ4v) is 3.94. The van der Waals surface area contributed by atoms with Gasteiger partial charge in [0.15, 0.2) is 0 Å². The van der Waals surface area contributed by atoms with Crippen LogP contribution in [-0.2, 0) is 4.74 Å². The summed E-state index contributed by atoms with van der Waals surface area (Å²) < 4.78 is 18.7. The van der Waals surface area contributed by atoms with Gasteiger partial charge in [-0.15, -0.1) is 0 Å². The van der Waals surface area contributed by atoms with Crippen LogP contribution in [0.15, 0.2) is 48.5 Å². The standard InChI is InChI=1S/C21H19FN2O2/c22-12-21(13-23)9-10-24(14-21)20(25)26-11-19-17-7-3-1-5-15(17)16-6-2-4-8-18(16)19/h1-8,19H,9-12,14H2. The van der Waals surface area contributed by atoms with E-state index in [9.17, 15) is 9.18 Å². The molecule has 132 valence electrons. The van der Waals surface area contributed by atoms with E-state index in [0.717, 1.165) is 11.1 Å². The van der Waals surface area contributed by atoms with Crippen LogP contribution in [0.2, 0.25) is 0 Å². The van der Waals surface area contributed by atoms with Crippen LogP contribution in [-0.4, -0.2) is 37.4 Å². The maximum Gasteiger partial charge on any atom is 0.409 e. The Kier molecular flexibility index (Phi) is 4.12. The van der Waals surface area contributed by atoms with Crippen LogP contribution in [0.4, 0.5) is 9.18 Å². The number of fused-ring (bicyclic) bond motifs is 3. The normalized spacial score (nSPS) is 21.2. The van der Waals surface area contributed by atoms with E-state index >= 15 is 0 Å². The highest BCUT2D eigenvalue weighted by Gasteiger charge is 2.41. The van der Waals surface area contributed by atoms with Crippen molar-refractivity contribution in [2.45, 2.75) is 12.3 Å². The van der Waals surface area contributed by atoms with Crippen LogP contribution in [0.25, 0.3) is 11.1 Å². The number of alkyl halides is 1. The van der Waals surface area contributed by atoms with Gasteiger partial charge in [-0.1, -0.05) is 48.5 Å². The zero-order valence-electron chi connectivity index (χ0n) is 14.3. The second-order valence-electron chi connectivity index (χ2n) is 7.00. The maximum atomic E-state index is 13.2. The summed E-state index contributed by atoms with van der Waals surface area (Å²) in [7, 11) is 0. The highest BCUT2D eigenvalue weighted by atomic mass is 19.1. The molecule has 1 amide bonds. The molecule has 2 aromatic rings.